The maximum Gasteiger partial charge on any atom is 0.336 e. The molecule has 3 aromatic carbocycles. The van der Waals surface area contributed by atoms with Crippen LogP contribution in [-0.4, -0.2) is 52.8 Å². The van der Waals surface area contributed by atoms with Gasteiger partial charge in [0.15, 0.2) is 0 Å². The summed E-state index contributed by atoms with van der Waals surface area (Å²) < 4.78 is 0. The number of carboxylic acids is 1. The first-order valence-electron chi connectivity index (χ1n) is 12.5. The summed E-state index contributed by atoms with van der Waals surface area (Å²) in [5.74, 6) is -1.76. The summed E-state index contributed by atoms with van der Waals surface area (Å²) in [5, 5.41) is 21.2. The van der Waals surface area contributed by atoms with E-state index in [0.29, 0.717) is 23.1 Å². The second kappa shape index (κ2) is 10.8. The van der Waals surface area contributed by atoms with Gasteiger partial charge in [0.05, 0.1) is 5.56 Å². The summed E-state index contributed by atoms with van der Waals surface area (Å²) in [4.78, 5) is 41.8. The Morgan fingerprint density at radius 1 is 1.03 bits per heavy atom. The highest BCUT2D eigenvalue weighted by Gasteiger charge is 2.25. The fourth-order valence-corrected chi connectivity index (χ4v) is 4.96. The second-order valence-electron chi connectivity index (χ2n) is 9.45. The van der Waals surface area contributed by atoms with Gasteiger partial charge in [-0.15, -0.1) is 0 Å². The van der Waals surface area contributed by atoms with Crippen LogP contribution >= 0.6 is 0 Å². The van der Waals surface area contributed by atoms with Crippen molar-refractivity contribution in [1.29, 1.82) is 5.41 Å². The summed E-state index contributed by atoms with van der Waals surface area (Å²) in [6.45, 7) is 3.87. The van der Waals surface area contributed by atoms with Gasteiger partial charge < -0.3 is 21.1 Å². The molecule has 4 aromatic rings. The van der Waals surface area contributed by atoms with Gasteiger partial charge in [0.25, 0.3) is 5.91 Å². The van der Waals surface area contributed by atoms with E-state index in [1.165, 1.54) is 14.1 Å². The third kappa shape index (κ3) is 5.11. The van der Waals surface area contributed by atoms with Crippen molar-refractivity contribution in [3.05, 3.63) is 94.2 Å². The fraction of sp³-hybridized carbons (Fsp3) is 0.200. The van der Waals surface area contributed by atoms with Crippen molar-refractivity contribution in [3.8, 4) is 11.1 Å². The third-order valence-corrected chi connectivity index (χ3v) is 7.00. The molecule has 39 heavy (non-hydrogen) atoms. The maximum absolute atomic E-state index is 13.2. The number of carboxylic acid groups (broad SMARTS) is 1. The summed E-state index contributed by atoms with van der Waals surface area (Å²) in [7, 11) is 2.83. The van der Waals surface area contributed by atoms with Crippen molar-refractivity contribution in [2.24, 2.45) is 5.73 Å². The zero-order chi connectivity index (χ0) is 28.4. The van der Waals surface area contributed by atoms with Crippen molar-refractivity contribution < 1.29 is 19.5 Å². The zero-order valence-electron chi connectivity index (χ0n) is 22.3. The number of benzene rings is 3. The number of carbonyl (C=O) groups is 3. The first-order valence-corrected chi connectivity index (χ1v) is 12.5. The lowest BCUT2D eigenvalue weighted by molar-refractivity contribution is 0.0697. The molecule has 4 rings (SSSR count). The number of aryl methyl sites for hydroxylation is 1. The Hall–Kier alpha value is -4.92. The number of nitrogen functional groups attached to an aromatic ring is 1. The molecule has 0 aliphatic carbocycles. The van der Waals surface area contributed by atoms with Crippen LogP contribution in [0.15, 0.2) is 60.8 Å². The molecule has 1 unspecified atom stereocenters. The molecule has 6 N–H and O–H groups in total. The first kappa shape index (κ1) is 27.1. The van der Waals surface area contributed by atoms with E-state index in [4.69, 9.17) is 11.1 Å². The SMILES string of the molecule is CCC(c1ccc(C(=O)N(C)C(=O)NC)cc1-c1ccc(C)cc1C(=O)O)c1c[nH]c2cc(C(=N)N)ccc12. The van der Waals surface area contributed by atoms with Gasteiger partial charge in [-0.1, -0.05) is 42.8 Å². The molecule has 0 aliphatic heterocycles. The number of urea groups is 1. The summed E-state index contributed by atoms with van der Waals surface area (Å²) in [6.07, 6.45) is 2.60. The first-order chi connectivity index (χ1) is 18.6. The largest absolute Gasteiger partial charge is 0.478 e. The molecule has 1 atom stereocenters. The van der Waals surface area contributed by atoms with Crippen molar-refractivity contribution in [2.75, 3.05) is 14.1 Å². The van der Waals surface area contributed by atoms with Crippen LogP contribution < -0.4 is 11.1 Å². The smallest absolute Gasteiger partial charge is 0.336 e. The van der Waals surface area contributed by atoms with Crippen molar-refractivity contribution in [3.63, 3.8) is 0 Å². The molecule has 1 heterocycles. The third-order valence-electron chi connectivity index (χ3n) is 7.00. The van der Waals surface area contributed by atoms with Crippen LogP contribution in [0.2, 0.25) is 0 Å². The fourth-order valence-electron chi connectivity index (χ4n) is 4.96. The molecular formula is C30H31N5O4. The number of fused-ring (bicyclic) bond motifs is 1. The van der Waals surface area contributed by atoms with E-state index in [0.717, 1.165) is 32.5 Å². The number of nitrogens with two attached hydrogens (primary N) is 1. The van der Waals surface area contributed by atoms with E-state index >= 15 is 0 Å². The topological polar surface area (TPSA) is 152 Å². The van der Waals surface area contributed by atoms with Gasteiger partial charge in [-0.2, -0.15) is 0 Å². The molecule has 1 aromatic heterocycles. The van der Waals surface area contributed by atoms with E-state index in [1.807, 2.05) is 44.3 Å². The van der Waals surface area contributed by atoms with Gasteiger partial charge in [-0.05, 0) is 59.9 Å². The lowest BCUT2D eigenvalue weighted by Crippen LogP contribution is -2.39. The molecule has 0 aliphatic rings. The predicted molar refractivity (Wildman–Crippen MR) is 152 cm³/mol. The molecule has 0 fully saturated rings. The molecule has 0 spiro atoms. The minimum atomic E-state index is -1.07. The molecule has 9 heteroatoms. The van der Waals surface area contributed by atoms with Gasteiger partial charge in [-0.3, -0.25) is 15.1 Å². The van der Waals surface area contributed by atoms with Crippen LogP contribution in [0.3, 0.4) is 0 Å². The Bertz CT molecular complexity index is 1620. The summed E-state index contributed by atoms with van der Waals surface area (Å²) in [5.41, 5.74) is 11.2. The number of nitrogens with zero attached hydrogens (tertiary/aromatic N) is 1. The highest BCUT2D eigenvalue weighted by atomic mass is 16.4. The van der Waals surface area contributed by atoms with Crippen LogP contribution in [-0.2, 0) is 0 Å². The number of hydrogen-bond acceptors (Lipinski definition) is 4. The van der Waals surface area contributed by atoms with Crippen molar-refractivity contribution in [1.82, 2.24) is 15.2 Å². The molecular weight excluding hydrogens is 494 g/mol. The number of carbonyl (C=O) groups excluding carboxylic acids is 2. The van der Waals surface area contributed by atoms with Crippen molar-refractivity contribution in [2.45, 2.75) is 26.2 Å². The monoisotopic (exact) mass is 525 g/mol. The van der Waals surface area contributed by atoms with Gasteiger partial charge in [0.2, 0.25) is 0 Å². The van der Waals surface area contributed by atoms with Crippen molar-refractivity contribution >= 4 is 34.6 Å². The number of amides is 3. The molecule has 0 bridgehead atoms. The van der Waals surface area contributed by atoms with Crippen LogP contribution in [0.4, 0.5) is 4.79 Å². The zero-order valence-corrected chi connectivity index (χ0v) is 22.3. The van der Waals surface area contributed by atoms with E-state index in [9.17, 15) is 19.5 Å². The molecule has 3 amide bonds. The maximum atomic E-state index is 13.2. The van der Waals surface area contributed by atoms with Gasteiger partial charge in [0, 0.05) is 48.2 Å². The molecule has 0 saturated heterocycles. The number of H-pyrrole nitrogens is 1. The Kier molecular flexibility index (Phi) is 7.53. The second-order valence-corrected chi connectivity index (χ2v) is 9.45. The quantitative estimate of drug-likeness (QED) is 0.168. The Labute approximate surface area is 226 Å². The number of amidine groups is 1. The average molecular weight is 526 g/mol. The summed E-state index contributed by atoms with van der Waals surface area (Å²) >= 11 is 0. The number of rotatable bonds is 7. The molecule has 200 valence electrons. The number of aromatic amines is 1. The molecule has 9 nitrogen and oxygen atoms in total. The lowest BCUT2D eigenvalue weighted by Gasteiger charge is -2.22. The van der Waals surface area contributed by atoms with Crippen LogP contribution in [0, 0.1) is 12.3 Å². The van der Waals surface area contributed by atoms with E-state index in [1.54, 1.807) is 30.3 Å². The Balaban J connectivity index is 1.95. The number of nitrogens with one attached hydrogen (secondary N) is 3. The predicted octanol–water partition coefficient (Wildman–Crippen LogP) is 5.08. The van der Waals surface area contributed by atoms with Crippen LogP contribution in [0.25, 0.3) is 22.0 Å². The summed E-state index contributed by atoms with van der Waals surface area (Å²) in [6, 6.07) is 15.4. The minimum absolute atomic E-state index is 0.0232. The lowest BCUT2D eigenvalue weighted by atomic mass is 9.82. The van der Waals surface area contributed by atoms with Crippen LogP contribution in [0.1, 0.15) is 62.2 Å². The highest BCUT2D eigenvalue weighted by Crippen LogP contribution is 2.40. The number of aromatic nitrogens is 1. The normalized spacial score (nSPS) is 11.7. The van der Waals surface area contributed by atoms with Gasteiger partial charge in [-0.25, -0.2) is 9.59 Å². The van der Waals surface area contributed by atoms with E-state index < -0.39 is 17.9 Å². The van der Waals surface area contributed by atoms with Gasteiger partial charge >= 0.3 is 12.0 Å². The molecule has 0 saturated carbocycles. The standard InChI is InChI=1S/C30H31N5O4/c1-5-19(25-15-34-26-14-17(27(31)32)7-11-22(25)26)20-10-8-18(28(36)35(4)30(39)33-3)13-23(20)21-9-6-16(2)12-24(21)29(37)38/h6-15,19,34H,5H2,1-4H3,(H3,31,32)(H,33,39)(H,37,38). The number of hydrogen-bond donors (Lipinski definition) is 5. The Morgan fingerprint density at radius 3 is 2.38 bits per heavy atom. The van der Waals surface area contributed by atoms with Crippen LogP contribution in [0.5, 0.6) is 0 Å². The Morgan fingerprint density at radius 2 is 1.74 bits per heavy atom. The number of imide groups is 1. The van der Waals surface area contributed by atoms with E-state index in [-0.39, 0.29) is 22.9 Å². The molecule has 0 radical (unpaired) electrons. The average Bonchev–Trinajstić information content (AvgIpc) is 3.35. The van der Waals surface area contributed by atoms with Gasteiger partial charge in [0.1, 0.15) is 5.84 Å². The number of aromatic carboxylic acids is 1. The van der Waals surface area contributed by atoms with E-state index in [2.05, 4.69) is 10.3 Å². The highest BCUT2D eigenvalue weighted by molar-refractivity contribution is 6.05. The minimum Gasteiger partial charge on any atom is -0.478 e.